The van der Waals surface area contributed by atoms with Crippen molar-refractivity contribution in [2.45, 2.75) is 39.8 Å². The quantitative estimate of drug-likeness (QED) is 0.778. The molecule has 1 aromatic carbocycles. The number of pyridine rings is 1. The highest BCUT2D eigenvalue weighted by molar-refractivity contribution is 6.31. The number of amides is 1. The van der Waals surface area contributed by atoms with Gasteiger partial charge in [-0.15, -0.1) is 0 Å². The van der Waals surface area contributed by atoms with E-state index in [1.54, 1.807) is 22.9 Å². The Bertz CT molecular complexity index is 933. The molecule has 1 aliphatic heterocycles. The second-order valence-electron chi connectivity index (χ2n) is 7.80. The number of aryl methyl sites for hydroxylation is 1. The Kier molecular flexibility index (Phi) is 6.98. The first-order chi connectivity index (χ1) is 13.9. The molecule has 1 aliphatic rings. The summed E-state index contributed by atoms with van der Waals surface area (Å²) in [7, 11) is 1.46. The third-order valence-electron chi connectivity index (χ3n) is 5.43. The molecule has 0 aliphatic carbocycles. The van der Waals surface area contributed by atoms with Crippen molar-refractivity contribution in [1.82, 2.24) is 9.47 Å². The first-order valence-corrected chi connectivity index (χ1v) is 10.3. The SMILES string of the molecule is COc1cn(CC(=O)Nc2ccc(C)c(Cl)c2)c(CN2CCC(C)CC2)cc1=O. The number of hydrogen-bond acceptors (Lipinski definition) is 4. The minimum absolute atomic E-state index is 0.0850. The van der Waals surface area contributed by atoms with E-state index in [2.05, 4.69) is 17.1 Å². The van der Waals surface area contributed by atoms with Crippen LogP contribution in [0.2, 0.25) is 5.02 Å². The van der Waals surface area contributed by atoms with E-state index in [-0.39, 0.29) is 23.6 Å². The summed E-state index contributed by atoms with van der Waals surface area (Å²) in [4.78, 5) is 27.3. The van der Waals surface area contributed by atoms with Crippen molar-refractivity contribution >= 4 is 23.2 Å². The zero-order valence-corrected chi connectivity index (χ0v) is 18.0. The van der Waals surface area contributed by atoms with Gasteiger partial charge in [0.15, 0.2) is 5.75 Å². The fourth-order valence-electron chi connectivity index (χ4n) is 3.51. The lowest BCUT2D eigenvalue weighted by atomic mass is 9.99. The molecule has 1 N–H and O–H groups in total. The second-order valence-corrected chi connectivity index (χ2v) is 8.20. The summed E-state index contributed by atoms with van der Waals surface area (Å²) in [5.41, 5.74) is 2.23. The lowest BCUT2D eigenvalue weighted by molar-refractivity contribution is -0.116. The van der Waals surface area contributed by atoms with Gasteiger partial charge in [0.1, 0.15) is 6.54 Å². The molecule has 156 valence electrons. The number of anilines is 1. The average molecular weight is 418 g/mol. The predicted octanol–water partition coefficient (Wildman–Crippen LogP) is 3.69. The maximum absolute atomic E-state index is 12.6. The number of carbonyl (C=O) groups is 1. The van der Waals surface area contributed by atoms with Crippen molar-refractivity contribution in [3.63, 3.8) is 0 Å². The Balaban J connectivity index is 1.77. The van der Waals surface area contributed by atoms with Crippen LogP contribution >= 0.6 is 11.6 Å². The molecule has 0 radical (unpaired) electrons. The summed E-state index contributed by atoms with van der Waals surface area (Å²) in [6, 6.07) is 6.99. The van der Waals surface area contributed by atoms with E-state index in [1.165, 1.54) is 7.11 Å². The van der Waals surface area contributed by atoms with Crippen LogP contribution in [0, 0.1) is 12.8 Å². The molecule has 0 bridgehead atoms. The Morgan fingerprint density at radius 2 is 2.00 bits per heavy atom. The smallest absolute Gasteiger partial charge is 0.244 e. The molecule has 3 rings (SSSR count). The first-order valence-electron chi connectivity index (χ1n) is 9.91. The number of nitrogens with one attached hydrogen (secondary N) is 1. The fourth-order valence-corrected chi connectivity index (χ4v) is 3.69. The van der Waals surface area contributed by atoms with Gasteiger partial charge in [-0.05, 0) is 56.5 Å². The molecule has 0 unspecified atom stereocenters. The zero-order chi connectivity index (χ0) is 21.0. The topological polar surface area (TPSA) is 63.6 Å². The van der Waals surface area contributed by atoms with Gasteiger partial charge < -0.3 is 14.6 Å². The van der Waals surface area contributed by atoms with Crippen molar-refractivity contribution in [2.24, 2.45) is 5.92 Å². The number of piperidine rings is 1. The van der Waals surface area contributed by atoms with Crippen LogP contribution in [0.5, 0.6) is 5.75 Å². The van der Waals surface area contributed by atoms with Gasteiger partial charge in [0.05, 0.1) is 13.3 Å². The Morgan fingerprint density at radius 3 is 2.66 bits per heavy atom. The third kappa shape index (κ3) is 5.61. The number of methoxy groups -OCH3 is 1. The molecule has 2 heterocycles. The average Bonchev–Trinajstić information content (AvgIpc) is 2.68. The third-order valence-corrected chi connectivity index (χ3v) is 5.84. The van der Waals surface area contributed by atoms with Crippen LogP contribution in [-0.4, -0.2) is 35.6 Å². The number of likely N-dealkylation sites (tertiary alicyclic amines) is 1. The van der Waals surface area contributed by atoms with Gasteiger partial charge in [-0.25, -0.2) is 0 Å². The van der Waals surface area contributed by atoms with Crippen molar-refractivity contribution < 1.29 is 9.53 Å². The second kappa shape index (κ2) is 9.46. The predicted molar refractivity (Wildman–Crippen MR) is 116 cm³/mol. The minimum Gasteiger partial charge on any atom is -0.491 e. The van der Waals surface area contributed by atoms with Crippen LogP contribution in [0.1, 0.15) is 31.0 Å². The number of nitrogens with zero attached hydrogens (tertiary/aromatic N) is 2. The van der Waals surface area contributed by atoms with E-state index in [4.69, 9.17) is 16.3 Å². The summed E-state index contributed by atoms with van der Waals surface area (Å²) < 4.78 is 6.97. The number of halogens is 1. The number of rotatable bonds is 6. The molecular weight excluding hydrogens is 390 g/mol. The molecule has 6 nitrogen and oxygen atoms in total. The molecule has 0 atom stereocenters. The van der Waals surface area contributed by atoms with Crippen LogP contribution < -0.4 is 15.5 Å². The van der Waals surface area contributed by atoms with Crippen molar-refractivity contribution in [3.8, 4) is 5.75 Å². The molecule has 0 saturated carbocycles. The van der Waals surface area contributed by atoms with Crippen LogP contribution in [-0.2, 0) is 17.9 Å². The largest absolute Gasteiger partial charge is 0.491 e. The van der Waals surface area contributed by atoms with Gasteiger partial charge in [-0.2, -0.15) is 0 Å². The summed E-state index contributed by atoms with van der Waals surface area (Å²) in [5.74, 6) is 0.771. The van der Waals surface area contributed by atoms with Gasteiger partial charge in [0.2, 0.25) is 11.3 Å². The van der Waals surface area contributed by atoms with E-state index >= 15 is 0 Å². The summed E-state index contributed by atoms with van der Waals surface area (Å²) in [6.07, 6.45) is 3.91. The Labute approximate surface area is 176 Å². The van der Waals surface area contributed by atoms with E-state index in [1.807, 2.05) is 19.1 Å². The zero-order valence-electron chi connectivity index (χ0n) is 17.2. The van der Waals surface area contributed by atoms with Crippen molar-refractivity contribution in [1.29, 1.82) is 0 Å². The highest BCUT2D eigenvalue weighted by Crippen LogP contribution is 2.21. The standard InChI is InChI=1S/C22H28ClN3O3/c1-15-6-8-25(9-7-15)12-18-11-20(27)21(29-3)13-26(18)14-22(28)24-17-5-4-16(2)19(23)10-17/h4-5,10-11,13,15H,6-9,12,14H2,1-3H3,(H,24,28). The van der Waals surface area contributed by atoms with Crippen LogP contribution in [0.25, 0.3) is 0 Å². The van der Waals surface area contributed by atoms with E-state index in [0.717, 1.165) is 43.1 Å². The summed E-state index contributed by atoms with van der Waals surface area (Å²) in [5, 5.41) is 3.47. The van der Waals surface area contributed by atoms with E-state index < -0.39 is 0 Å². The first kappa shape index (κ1) is 21.4. The summed E-state index contributed by atoms with van der Waals surface area (Å²) >= 11 is 6.15. The number of ether oxygens (including phenoxy) is 1. The molecule has 1 aromatic heterocycles. The van der Waals surface area contributed by atoms with Crippen LogP contribution in [0.3, 0.4) is 0 Å². The molecule has 2 aromatic rings. The summed E-state index contributed by atoms with van der Waals surface area (Å²) in [6.45, 7) is 6.89. The number of hydrogen-bond donors (Lipinski definition) is 1. The van der Waals surface area contributed by atoms with Crippen molar-refractivity contribution in [3.05, 3.63) is 57.0 Å². The van der Waals surface area contributed by atoms with Crippen LogP contribution in [0.15, 0.2) is 35.3 Å². The van der Waals surface area contributed by atoms with Gasteiger partial charge in [-0.3, -0.25) is 14.5 Å². The Morgan fingerprint density at radius 1 is 1.28 bits per heavy atom. The lowest BCUT2D eigenvalue weighted by Crippen LogP contribution is -2.34. The van der Waals surface area contributed by atoms with Gasteiger partial charge >= 0.3 is 0 Å². The lowest BCUT2D eigenvalue weighted by Gasteiger charge is -2.31. The maximum Gasteiger partial charge on any atom is 0.244 e. The minimum atomic E-state index is -0.191. The number of aromatic nitrogens is 1. The normalized spacial score (nSPS) is 15.3. The fraction of sp³-hybridized carbons (Fsp3) is 0.455. The Hall–Kier alpha value is -2.31. The number of benzene rings is 1. The van der Waals surface area contributed by atoms with Gasteiger partial charge in [-0.1, -0.05) is 24.6 Å². The monoisotopic (exact) mass is 417 g/mol. The van der Waals surface area contributed by atoms with Gasteiger partial charge in [0, 0.05) is 29.0 Å². The van der Waals surface area contributed by atoms with Crippen molar-refractivity contribution in [2.75, 3.05) is 25.5 Å². The molecular formula is C22H28ClN3O3. The highest BCUT2D eigenvalue weighted by atomic mass is 35.5. The van der Waals surface area contributed by atoms with E-state index in [0.29, 0.717) is 17.3 Å². The molecule has 7 heteroatoms. The highest BCUT2D eigenvalue weighted by Gasteiger charge is 2.18. The van der Waals surface area contributed by atoms with Gasteiger partial charge in [0.25, 0.3) is 0 Å². The molecule has 1 fully saturated rings. The maximum atomic E-state index is 12.6. The molecule has 0 spiro atoms. The molecule has 29 heavy (non-hydrogen) atoms. The molecule has 1 saturated heterocycles. The molecule has 1 amide bonds. The number of carbonyl (C=O) groups excluding carboxylic acids is 1. The van der Waals surface area contributed by atoms with Crippen LogP contribution in [0.4, 0.5) is 5.69 Å². The van der Waals surface area contributed by atoms with E-state index in [9.17, 15) is 9.59 Å².